The van der Waals surface area contributed by atoms with Gasteiger partial charge in [-0.1, -0.05) is 18.2 Å². The van der Waals surface area contributed by atoms with Gasteiger partial charge in [-0.25, -0.2) is 4.98 Å². The van der Waals surface area contributed by atoms with Gasteiger partial charge in [0.05, 0.1) is 6.61 Å². The van der Waals surface area contributed by atoms with Crippen LogP contribution in [-0.2, 0) is 19.3 Å². The van der Waals surface area contributed by atoms with Gasteiger partial charge in [0.15, 0.2) is 0 Å². The molecule has 2 aromatic carbocycles. The number of aromatic nitrogens is 1. The summed E-state index contributed by atoms with van der Waals surface area (Å²) >= 11 is 0. The number of hydrogen-bond donors (Lipinski definition) is 1. The number of benzene rings is 2. The zero-order chi connectivity index (χ0) is 19.1. The quantitative estimate of drug-likeness (QED) is 0.763. The van der Waals surface area contributed by atoms with Crippen LogP contribution in [0, 0.1) is 0 Å². The van der Waals surface area contributed by atoms with Crippen LogP contribution in [0.25, 0.3) is 0 Å². The predicted molar refractivity (Wildman–Crippen MR) is 108 cm³/mol. The molecule has 5 rings (SSSR count). The van der Waals surface area contributed by atoms with Gasteiger partial charge in [-0.05, 0) is 65.4 Å². The third-order valence-corrected chi connectivity index (χ3v) is 5.54. The molecule has 0 radical (unpaired) electrons. The fourth-order valence-corrected chi connectivity index (χ4v) is 4.21. The monoisotopic (exact) mass is 371 g/mol. The average Bonchev–Trinajstić information content (AvgIpc) is 3.34. The SMILES string of the molecule is NC(=O)c1cccc2c1CCN2c1cc(Cc2ccc3c(c2)CCO3)ccn1. The second-order valence-corrected chi connectivity index (χ2v) is 7.31. The minimum Gasteiger partial charge on any atom is -0.493 e. The Morgan fingerprint density at radius 1 is 1.11 bits per heavy atom. The first-order chi connectivity index (χ1) is 13.7. The summed E-state index contributed by atoms with van der Waals surface area (Å²) in [6, 6.07) is 16.4. The van der Waals surface area contributed by atoms with E-state index in [2.05, 4.69) is 40.2 Å². The molecule has 28 heavy (non-hydrogen) atoms. The van der Waals surface area contributed by atoms with E-state index in [1.165, 1.54) is 16.7 Å². The Labute approximate surface area is 163 Å². The Balaban J connectivity index is 1.43. The zero-order valence-electron chi connectivity index (χ0n) is 15.5. The van der Waals surface area contributed by atoms with Crippen LogP contribution in [0.2, 0.25) is 0 Å². The Hall–Kier alpha value is -3.34. The largest absolute Gasteiger partial charge is 0.493 e. The standard InChI is InChI=1S/C23H21N3O2/c24-23(27)19-2-1-3-20-18(19)7-10-26(20)22-14-16(6-9-25-22)12-15-4-5-21-17(13-15)8-11-28-21/h1-6,9,13-14H,7-8,10-12H2,(H2,24,27). The maximum atomic E-state index is 11.7. The van der Waals surface area contributed by atoms with Crippen LogP contribution in [0.15, 0.2) is 54.7 Å². The van der Waals surface area contributed by atoms with E-state index in [1.807, 2.05) is 18.3 Å². The van der Waals surface area contributed by atoms with Crippen molar-refractivity contribution in [3.63, 3.8) is 0 Å². The average molecular weight is 371 g/mol. The lowest BCUT2D eigenvalue weighted by molar-refractivity contribution is 0.0999. The number of anilines is 2. The van der Waals surface area contributed by atoms with E-state index in [1.54, 1.807) is 6.07 Å². The summed E-state index contributed by atoms with van der Waals surface area (Å²) in [4.78, 5) is 18.5. The Bertz CT molecular complexity index is 1080. The molecule has 5 nitrogen and oxygen atoms in total. The smallest absolute Gasteiger partial charge is 0.249 e. The molecule has 2 N–H and O–H groups in total. The van der Waals surface area contributed by atoms with E-state index in [0.717, 1.165) is 55.2 Å². The summed E-state index contributed by atoms with van der Waals surface area (Å²) < 4.78 is 5.60. The molecule has 0 bridgehead atoms. The normalized spacial score (nSPS) is 14.5. The minimum atomic E-state index is -0.374. The second kappa shape index (κ2) is 6.68. The summed E-state index contributed by atoms with van der Waals surface area (Å²) in [6.45, 7) is 1.58. The van der Waals surface area contributed by atoms with Crippen LogP contribution in [0.1, 0.15) is 32.6 Å². The van der Waals surface area contributed by atoms with Gasteiger partial charge in [-0.3, -0.25) is 4.79 Å². The number of nitrogens with zero attached hydrogens (tertiary/aromatic N) is 2. The first-order valence-corrected chi connectivity index (χ1v) is 9.58. The van der Waals surface area contributed by atoms with Crippen LogP contribution in [0.5, 0.6) is 5.75 Å². The van der Waals surface area contributed by atoms with E-state index < -0.39 is 0 Å². The molecule has 1 amide bonds. The third kappa shape index (κ3) is 2.89. The molecule has 0 saturated carbocycles. The van der Waals surface area contributed by atoms with Crippen molar-refractivity contribution in [2.45, 2.75) is 19.3 Å². The van der Waals surface area contributed by atoms with Gasteiger partial charge < -0.3 is 15.4 Å². The summed E-state index contributed by atoms with van der Waals surface area (Å²) in [5.41, 5.74) is 12.0. The minimum absolute atomic E-state index is 0.374. The molecule has 0 unspecified atom stereocenters. The maximum absolute atomic E-state index is 11.7. The summed E-state index contributed by atoms with van der Waals surface area (Å²) in [6.07, 6.45) is 4.49. The molecular formula is C23H21N3O2. The highest BCUT2D eigenvalue weighted by Gasteiger charge is 2.25. The molecular weight excluding hydrogens is 350 g/mol. The molecule has 3 heterocycles. The fraction of sp³-hybridized carbons (Fsp3) is 0.217. The lowest BCUT2D eigenvalue weighted by Crippen LogP contribution is -2.15. The first kappa shape index (κ1) is 16.8. The zero-order valence-corrected chi connectivity index (χ0v) is 15.5. The number of carbonyl (C=O) groups excluding carboxylic acids is 1. The molecule has 0 spiro atoms. The first-order valence-electron chi connectivity index (χ1n) is 9.58. The van der Waals surface area contributed by atoms with Crippen LogP contribution in [-0.4, -0.2) is 24.0 Å². The van der Waals surface area contributed by atoms with Crippen molar-refractivity contribution in [1.29, 1.82) is 0 Å². The van der Waals surface area contributed by atoms with Crippen LogP contribution in [0.4, 0.5) is 11.5 Å². The van der Waals surface area contributed by atoms with E-state index in [9.17, 15) is 4.79 Å². The van der Waals surface area contributed by atoms with E-state index >= 15 is 0 Å². The summed E-state index contributed by atoms with van der Waals surface area (Å²) in [5, 5.41) is 0. The number of fused-ring (bicyclic) bond motifs is 2. The summed E-state index contributed by atoms with van der Waals surface area (Å²) in [5.74, 6) is 1.54. The van der Waals surface area contributed by atoms with Crippen molar-refractivity contribution in [1.82, 2.24) is 4.98 Å². The Morgan fingerprint density at radius 2 is 2.00 bits per heavy atom. The van der Waals surface area contributed by atoms with Crippen LogP contribution >= 0.6 is 0 Å². The van der Waals surface area contributed by atoms with E-state index in [0.29, 0.717) is 5.56 Å². The number of carbonyl (C=O) groups is 1. The molecule has 0 saturated heterocycles. The highest BCUT2D eigenvalue weighted by molar-refractivity contribution is 5.96. The van der Waals surface area contributed by atoms with Crippen molar-refractivity contribution in [3.05, 3.63) is 82.5 Å². The summed E-state index contributed by atoms with van der Waals surface area (Å²) in [7, 11) is 0. The predicted octanol–water partition coefficient (Wildman–Crippen LogP) is 3.40. The number of amides is 1. The van der Waals surface area contributed by atoms with Crippen LogP contribution in [0.3, 0.4) is 0 Å². The van der Waals surface area contributed by atoms with Gasteiger partial charge in [0.2, 0.25) is 5.91 Å². The molecule has 1 aromatic heterocycles. The molecule has 0 atom stereocenters. The van der Waals surface area contributed by atoms with E-state index in [4.69, 9.17) is 10.5 Å². The third-order valence-electron chi connectivity index (χ3n) is 5.54. The van der Waals surface area contributed by atoms with Crippen molar-refractivity contribution >= 4 is 17.4 Å². The van der Waals surface area contributed by atoms with Gasteiger partial charge in [0.25, 0.3) is 0 Å². The number of hydrogen-bond acceptors (Lipinski definition) is 4. The van der Waals surface area contributed by atoms with Gasteiger partial charge in [-0.2, -0.15) is 0 Å². The molecule has 140 valence electrons. The number of rotatable bonds is 4. The molecule has 2 aliphatic rings. The fourth-order valence-electron chi connectivity index (χ4n) is 4.21. The molecule has 5 heteroatoms. The number of ether oxygens (including phenoxy) is 1. The lowest BCUT2D eigenvalue weighted by Gasteiger charge is -2.19. The van der Waals surface area contributed by atoms with Gasteiger partial charge >= 0.3 is 0 Å². The molecule has 0 fully saturated rings. The van der Waals surface area contributed by atoms with Crippen molar-refractivity contribution < 1.29 is 9.53 Å². The van der Waals surface area contributed by atoms with Crippen molar-refractivity contribution in [2.75, 3.05) is 18.1 Å². The highest BCUT2D eigenvalue weighted by atomic mass is 16.5. The molecule has 0 aliphatic carbocycles. The van der Waals surface area contributed by atoms with Gasteiger partial charge in [0, 0.05) is 30.4 Å². The van der Waals surface area contributed by atoms with Gasteiger partial charge in [-0.15, -0.1) is 0 Å². The highest BCUT2D eigenvalue weighted by Crippen LogP contribution is 2.36. The number of pyridine rings is 1. The maximum Gasteiger partial charge on any atom is 0.249 e. The Morgan fingerprint density at radius 3 is 2.89 bits per heavy atom. The number of nitrogens with two attached hydrogens (primary N) is 1. The topological polar surface area (TPSA) is 68.5 Å². The Kier molecular flexibility index (Phi) is 4.01. The van der Waals surface area contributed by atoms with Crippen molar-refractivity contribution in [2.24, 2.45) is 5.73 Å². The molecule has 3 aromatic rings. The van der Waals surface area contributed by atoms with Gasteiger partial charge in [0.1, 0.15) is 11.6 Å². The van der Waals surface area contributed by atoms with Crippen molar-refractivity contribution in [3.8, 4) is 5.75 Å². The molecule has 2 aliphatic heterocycles. The lowest BCUT2D eigenvalue weighted by atomic mass is 10.0. The van der Waals surface area contributed by atoms with Crippen LogP contribution < -0.4 is 15.4 Å². The number of primary amides is 1. The van der Waals surface area contributed by atoms with E-state index in [-0.39, 0.29) is 5.91 Å². The second-order valence-electron chi connectivity index (χ2n) is 7.31.